The predicted molar refractivity (Wildman–Crippen MR) is 97.7 cm³/mol. The molecule has 7 heteroatoms. The van der Waals surface area contributed by atoms with Crippen molar-refractivity contribution in [3.05, 3.63) is 57.4 Å². The minimum absolute atomic E-state index is 0.168. The van der Waals surface area contributed by atoms with Gasteiger partial charge in [-0.05, 0) is 72.0 Å². The van der Waals surface area contributed by atoms with Gasteiger partial charge in [-0.2, -0.15) is 0 Å². The summed E-state index contributed by atoms with van der Waals surface area (Å²) >= 11 is 1.84. The molecule has 0 aromatic heterocycles. The Balaban J connectivity index is 1.86. The van der Waals surface area contributed by atoms with E-state index in [-0.39, 0.29) is 18.0 Å². The standard InChI is InChI=1S/C17H16FIN2O3/c1-2-24-13-6-4-12(5-7-13)21-16(22)10-20-17(23)11-3-8-15(19)14(18)9-11/h3-9H,2,10H2,1H3,(H,20,23)(H,21,22). The zero-order chi connectivity index (χ0) is 17.5. The van der Waals surface area contributed by atoms with Crippen LogP contribution in [0, 0.1) is 9.39 Å². The molecule has 0 fully saturated rings. The molecule has 0 saturated heterocycles. The maximum absolute atomic E-state index is 13.4. The van der Waals surface area contributed by atoms with Crippen molar-refractivity contribution in [1.29, 1.82) is 0 Å². The van der Waals surface area contributed by atoms with Crippen LogP contribution in [-0.4, -0.2) is 25.0 Å². The van der Waals surface area contributed by atoms with Crippen LogP contribution in [0.4, 0.5) is 10.1 Å². The highest BCUT2D eigenvalue weighted by molar-refractivity contribution is 14.1. The van der Waals surface area contributed by atoms with Crippen molar-refractivity contribution in [1.82, 2.24) is 5.32 Å². The molecule has 0 atom stereocenters. The molecule has 2 N–H and O–H groups in total. The van der Waals surface area contributed by atoms with Gasteiger partial charge in [-0.1, -0.05) is 0 Å². The molecule has 2 rings (SSSR count). The van der Waals surface area contributed by atoms with Crippen LogP contribution in [0.1, 0.15) is 17.3 Å². The highest BCUT2D eigenvalue weighted by atomic mass is 127. The van der Waals surface area contributed by atoms with Crippen molar-refractivity contribution < 1.29 is 18.7 Å². The van der Waals surface area contributed by atoms with Crippen LogP contribution in [0.3, 0.4) is 0 Å². The Morgan fingerprint density at radius 3 is 2.50 bits per heavy atom. The molecule has 24 heavy (non-hydrogen) atoms. The van der Waals surface area contributed by atoms with Crippen LogP contribution < -0.4 is 15.4 Å². The van der Waals surface area contributed by atoms with E-state index in [9.17, 15) is 14.0 Å². The third-order valence-electron chi connectivity index (χ3n) is 3.04. The Kier molecular flexibility index (Phi) is 6.53. The molecular formula is C17H16FIN2O3. The summed E-state index contributed by atoms with van der Waals surface area (Å²) in [6.45, 7) is 2.24. The Labute approximate surface area is 152 Å². The van der Waals surface area contributed by atoms with Crippen molar-refractivity contribution in [3.8, 4) is 5.75 Å². The van der Waals surface area contributed by atoms with E-state index in [4.69, 9.17) is 4.74 Å². The number of ether oxygens (including phenoxy) is 1. The number of benzene rings is 2. The highest BCUT2D eigenvalue weighted by Gasteiger charge is 2.10. The van der Waals surface area contributed by atoms with Crippen LogP contribution in [0.25, 0.3) is 0 Å². The average Bonchev–Trinajstić information content (AvgIpc) is 2.57. The fourth-order valence-corrected chi connectivity index (χ4v) is 2.24. The summed E-state index contributed by atoms with van der Waals surface area (Å²) in [7, 11) is 0. The number of hydrogen-bond acceptors (Lipinski definition) is 3. The third-order valence-corrected chi connectivity index (χ3v) is 3.92. The maximum atomic E-state index is 13.4. The van der Waals surface area contributed by atoms with Gasteiger partial charge in [0.15, 0.2) is 0 Å². The van der Waals surface area contributed by atoms with Gasteiger partial charge in [-0.15, -0.1) is 0 Å². The Morgan fingerprint density at radius 1 is 1.17 bits per heavy atom. The molecule has 0 saturated carbocycles. The van der Waals surface area contributed by atoms with E-state index < -0.39 is 11.7 Å². The number of rotatable bonds is 6. The first kappa shape index (κ1) is 18.2. The van der Waals surface area contributed by atoms with Gasteiger partial charge in [-0.25, -0.2) is 4.39 Å². The van der Waals surface area contributed by atoms with Crippen LogP contribution in [0.5, 0.6) is 5.75 Å². The lowest BCUT2D eigenvalue weighted by atomic mass is 10.2. The number of hydrogen-bond donors (Lipinski definition) is 2. The average molecular weight is 442 g/mol. The number of halogens is 2. The molecular weight excluding hydrogens is 426 g/mol. The molecule has 0 unspecified atom stereocenters. The van der Waals surface area contributed by atoms with Gasteiger partial charge >= 0.3 is 0 Å². The molecule has 0 spiro atoms. The summed E-state index contributed by atoms with van der Waals surface area (Å²) in [5.74, 6) is -0.641. The fourth-order valence-electron chi connectivity index (χ4n) is 1.91. The van der Waals surface area contributed by atoms with E-state index in [0.29, 0.717) is 21.6 Å². The summed E-state index contributed by atoms with van der Waals surface area (Å²) in [5, 5.41) is 5.11. The first-order chi connectivity index (χ1) is 11.5. The molecule has 0 radical (unpaired) electrons. The fraction of sp³-hybridized carbons (Fsp3) is 0.176. The molecule has 2 aromatic rings. The lowest BCUT2D eigenvalue weighted by molar-refractivity contribution is -0.115. The molecule has 0 aliphatic rings. The third kappa shape index (κ3) is 5.19. The van der Waals surface area contributed by atoms with Crippen LogP contribution in [0.2, 0.25) is 0 Å². The monoisotopic (exact) mass is 442 g/mol. The summed E-state index contributed by atoms with van der Waals surface area (Å²) < 4.78 is 19.2. The zero-order valence-electron chi connectivity index (χ0n) is 12.9. The van der Waals surface area contributed by atoms with E-state index in [1.54, 1.807) is 24.3 Å². The Morgan fingerprint density at radius 2 is 1.88 bits per heavy atom. The topological polar surface area (TPSA) is 67.4 Å². The molecule has 0 bridgehead atoms. The molecule has 0 aliphatic carbocycles. The number of carbonyl (C=O) groups is 2. The second-order valence-electron chi connectivity index (χ2n) is 4.82. The molecule has 0 aliphatic heterocycles. The van der Waals surface area contributed by atoms with Crippen LogP contribution in [-0.2, 0) is 4.79 Å². The lowest BCUT2D eigenvalue weighted by Crippen LogP contribution is -2.32. The second kappa shape index (κ2) is 8.62. The summed E-state index contributed by atoms with van der Waals surface area (Å²) in [5.41, 5.74) is 0.764. The van der Waals surface area contributed by atoms with E-state index in [1.807, 2.05) is 29.5 Å². The van der Waals surface area contributed by atoms with Gasteiger partial charge < -0.3 is 15.4 Å². The smallest absolute Gasteiger partial charge is 0.251 e. The minimum atomic E-state index is -0.507. The Bertz CT molecular complexity index is 735. The van der Waals surface area contributed by atoms with E-state index in [0.717, 1.165) is 6.07 Å². The van der Waals surface area contributed by atoms with Gasteiger partial charge in [-0.3, -0.25) is 9.59 Å². The van der Waals surface area contributed by atoms with E-state index in [2.05, 4.69) is 10.6 Å². The van der Waals surface area contributed by atoms with E-state index >= 15 is 0 Å². The largest absolute Gasteiger partial charge is 0.494 e. The number of anilines is 1. The van der Waals surface area contributed by atoms with Crippen molar-refractivity contribution in [2.75, 3.05) is 18.5 Å². The summed E-state index contributed by atoms with van der Waals surface area (Å²) in [6, 6.07) is 11.0. The van der Waals surface area contributed by atoms with Crippen LogP contribution in [0.15, 0.2) is 42.5 Å². The molecule has 0 heterocycles. The summed E-state index contributed by atoms with van der Waals surface area (Å²) in [6.07, 6.45) is 0. The van der Waals surface area contributed by atoms with E-state index in [1.165, 1.54) is 12.1 Å². The first-order valence-corrected chi connectivity index (χ1v) is 8.33. The van der Waals surface area contributed by atoms with Crippen molar-refractivity contribution in [3.63, 3.8) is 0 Å². The Hall–Kier alpha value is -2.16. The number of nitrogens with one attached hydrogen (secondary N) is 2. The minimum Gasteiger partial charge on any atom is -0.494 e. The highest BCUT2D eigenvalue weighted by Crippen LogP contribution is 2.15. The first-order valence-electron chi connectivity index (χ1n) is 7.25. The van der Waals surface area contributed by atoms with Gasteiger partial charge in [0.1, 0.15) is 11.6 Å². The van der Waals surface area contributed by atoms with Crippen molar-refractivity contribution in [2.24, 2.45) is 0 Å². The molecule has 5 nitrogen and oxygen atoms in total. The maximum Gasteiger partial charge on any atom is 0.251 e. The quantitative estimate of drug-likeness (QED) is 0.676. The normalized spacial score (nSPS) is 10.1. The van der Waals surface area contributed by atoms with Crippen molar-refractivity contribution >= 4 is 40.1 Å². The van der Waals surface area contributed by atoms with Crippen LogP contribution >= 0.6 is 22.6 Å². The lowest BCUT2D eigenvalue weighted by Gasteiger charge is -2.08. The second-order valence-corrected chi connectivity index (χ2v) is 5.98. The number of amides is 2. The summed E-state index contributed by atoms with van der Waals surface area (Å²) in [4.78, 5) is 23.8. The van der Waals surface area contributed by atoms with Gasteiger partial charge in [0, 0.05) is 14.8 Å². The zero-order valence-corrected chi connectivity index (χ0v) is 15.1. The van der Waals surface area contributed by atoms with Gasteiger partial charge in [0.25, 0.3) is 5.91 Å². The van der Waals surface area contributed by atoms with Gasteiger partial charge in [0.2, 0.25) is 5.91 Å². The molecule has 2 aromatic carbocycles. The number of carbonyl (C=O) groups excluding carboxylic acids is 2. The SMILES string of the molecule is CCOc1ccc(NC(=O)CNC(=O)c2ccc(I)c(F)c2)cc1. The molecule has 2 amide bonds. The van der Waals surface area contributed by atoms with Crippen molar-refractivity contribution in [2.45, 2.75) is 6.92 Å². The molecule has 126 valence electrons. The van der Waals surface area contributed by atoms with Gasteiger partial charge in [0.05, 0.1) is 13.2 Å². The predicted octanol–water partition coefficient (Wildman–Crippen LogP) is 3.20.